The van der Waals surface area contributed by atoms with Gasteiger partial charge in [0.2, 0.25) is 0 Å². The molecule has 78 valence electrons. The van der Waals surface area contributed by atoms with Crippen molar-refractivity contribution in [1.29, 1.82) is 0 Å². The summed E-state index contributed by atoms with van der Waals surface area (Å²) in [6, 6.07) is 3.96. The van der Waals surface area contributed by atoms with Gasteiger partial charge >= 0.3 is 0 Å². The molecule has 0 spiro atoms. The van der Waals surface area contributed by atoms with Crippen LogP contribution in [0.25, 0.3) is 0 Å². The summed E-state index contributed by atoms with van der Waals surface area (Å²) in [6.07, 6.45) is 3.49. The molecule has 1 atom stereocenters. The minimum atomic E-state index is -0.156. The Bertz CT molecular complexity index is 447. The van der Waals surface area contributed by atoms with Crippen molar-refractivity contribution < 1.29 is 0 Å². The van der Waals surface area contributed by atoms with Gasteiger partial charge in [0.05, 0.1) is 23.6 Å². The smallest absolute Gasteiger partial charge is 0.0835 e. The molecule has 2 rings (SSSR count). The van der Waals surface area contributed by atoms with Gasteiger partial charge in [0, 0.05) is 16.0 Å². The van der Waals surface area contributed by atoms with Crippen molar-refractivity contribution in [3.8, 4) is 0 Å². The van der Waals surface area contributed by atoms with Crippen molar-refractivity contribution in [2.24, 2.45) is 5.73 Å². The van der Waals surface area contributed by atoms with Crippen LogP contribution in [0.3, 0.4) is 0 Å². The fourth-order valence-electron chi connectivity index (χ4n) is 1.33. The van der Waals surface area contributed by atoms with Gasteiger partial charge in [-0.15, -0.1) is 11.3 Å². The highest BCUT2D eigenvalue weighted by Gasteiger charge is 2.12. The van der Waals surface area contributed by atoms with E-state index in [1.54, 1.807) is 23.7 Å². The summed E-state index contributed by atoms with van der Waals surface area (Å²) in [7, 11) is 0. The van der Waals surface area contributed by atoms with Gasteiger partial charge in [-0.2, -0.15) is 0 Å². The molecule has 0 bridgehead atoms. The normalized spacial score (nSPS) is 12.7. The van der Waals surface area contributed by atoms with E-state index >= 15 is 0 Å². The molecule has 2 aromatic heterocycles. The summed E-state index contributed by atoms with van der Waals surface area (Å²) in [5.74, 6) is 0. The van der Waals surface area contributed by atoms with Crippen molar-refractivity contribution in [3.05, 3.63) is 45.7 Å². The monoisotopic (exact) mass is 219 g/mol. The Morgan fingerprint density at radius 1 is 1.20 bits per heavy atom. The van der Waals surface area contributed by atoms with Crippen LogP contribution in [0.2, 0.25) is 0 Å². The number of nitrogens with zero attached hydrogens (tertiary/aromatic N) is 2. The first-order chi connectivity index (χ1) is 7.16. The van der Waals surface area contributed by atoms with Crippen LogP contribution >= 0.6 is 11.3 Å². The Morgan fingerprint density at radius 3 is 2.53 bits per heavy atom. The highest BCUT2D eigenvalue weighted by atomic mass is 32.1. The first-order valence-corrected chi connectivity index (χ1v) is 5.59. The minimum absolute atomic E-state index is 0.156. The predicted molar refractivity (Wildman–Crippen MR) is 61.9 cm³/mol. The van der Waals surface area contributed by atoms with E-state index in [9.17, 15) is 0 Å². The Balaban J connectivity index is 2.28. The van der Waals surface area contributed by atoms with E-state index in [1.165, 1.54) is 4.88 Å². The van der Waals surface area contributed by atoms with Crippen LogP contribution in [-0.2, 0) is 0 Å². The molecule has 0 fully saturated rings. The number of hydrogen-bond acceptors (Lipinski definition) is 4. The third kappa shape index (κ3) is 2.22. The van der Waals surface area contributed by atoms with Crippen molar-refractivity contribution in [2.75, 3.05) is 0 Å². The minimum Gasteiger partial charge on any atom is -0.318 e. The van der Waals surface area contributed by atoms with Crippen molar-refractivity contribution in [2.45, 2.75) is 19.9 Å². The van der Waals surface area contributed by atoms with Gasteiger partial charge in [0.15, 0.2) is 0 Å². The fourth-order valence-corrected chi connectivity index (χ4v) is 2.22. The summed E-state index contributed by atoms with van der Waals surface area (Å²) < 4.78 is 0. The second-order valence-corrected chi connectivity index (χ2v) is 4.83. The number of nitrogens with two attached hydrogens (primary N) is 1. The van der Waals surface area contributed by atoms with Crippen molar-refractivity contribution >= 4 is 11.3 Å². The fraction of sp³-hybridized carbons (Fsp3) is 0.273. The number of aryl methyl sites for hydroxylation is 2. The lowest BCUT2D eigenvalue weighted by molar-refractivity contribution is 0.829. The van der Waals surface area contributed by atoms with E-state index in [-0.39, 0.29) is 6.04 Å². The maximum Gasteiger partial charge on any atom is 0.0835 e. The van der Waals surface area contributed by atoms with Crippen LogP contribution < -0.4 is 5.73 Å². The molecular weight excluding hydrogens is 206 g/mol. The Labute approximate surface area is 93.0 Å². The van der Waals surface area contributed by atoms with Crippen LogP contribution in [0.5, 0.6) is 0 Å². The van der Waals surface area contributed by atoms with Crippen molar-refractivity contribution in [3.63, 3.8) is 0 Å². The molecule has 0 radical (unpaired) electrons. The second kappa shape index (κ2) is 4.08. The van der Waals surface area contributed by atoms with E-state index in [4.69, 9.17) is 5.73 Å². The van der Waals surface area contributed by atoms with Gasteiger partial charge in [-0.05, 0) is 26.0 Å². The average molecular weight is 219 g/mol. The molecular formula is C11H13N3S. The third-order valence-electron chi connectivity index (χ3n) is 2.19. The van der Waals surface area contributed by atoms with Gasteiger partial charge in [-0.1, -0.05) is 0 Å². The molecule has 0 aliphatic heterocycles. The molecule has 0 saturated carbocycles. The van der Waals surface area contributed by atoms with Crippen molar-refractivity contribution in [1.82, 2.24) is 9.97 Å². The quantitative estimate of drug-likeness (QED) is 0.842. The molecule has 15 heavy (non-hydrogen) atoms. The SMILES string of the molecule is Cc1cnc(C(N)c2ccc(C)s2)cn1. The van der Waals surface area contributed by atoms with Gasteiger partial charge in [-0.25, -0.2) is 0 Å². The number of thiophene rings is 1. The van der Waals surface area contributed by atoms with E-state index < -0.39 is 0 Å². The summed E-state index contributed by atoms with van der Waals surface area (Å²) >= 11 is 1.70. The lowest BCUT2D eigenvalue weighted by Crippen LogP contribution is -2.12. The average Bonchev–Trinajstić information content (AvgIpc) is 2.65. The zero-order valence-electron chi connectivity index (χ0n) is 8.77. The Kier molecular flexibility index (Phi) is 2.79. The molecule has 4 heteroatoms. The van der Waals surface area contributed by atoms with Crippen LogP contribution in [0.4, 0.5) is 0 Å². The second-order valence-electron chi connectivity index (χ2n) is 3.51. The van der Waals surface area contributed by atoms with Crippen LogP contribution in [0.1, 0.15) is 27.2 Å². The Hall–Kier alpha value is -1.26. The van der Waals surface area contributed by atoms with Crippen LogP contribution in [0.15, 0.2) is 24.5 Å². The van der Waals surface area contributed by atoms with Gasteiger partial charge in [0.25, 0.3) is 0 Å². The summed E-state index contributed by atoms with van der Waals surface area (Å²) in [4.78, 5) is 10.9. The molecule has 3 nitrogen and oxygen atoms in total. The van der Waals surface area contributed by atoms with Gasteiger partial charge in [0.1, 0.15) is 0 Å². The maximum atomic E-state index is 6.09. The molecule has 0 saturated heterocycles. The summed E-state index contributed by atoms with van der Waals surface area (Å²) in [5.41, 5.74) is 7.82. The number of hydrogen-bond donors (Lipinski definition) is 1. The summed E-state index contributed by atoms with van der Waals surface area (Å²) in [5, 5.41) is 0. The molecule has 0 amide bonds. The van der Waals surface area contributed by atoms with E-state index in [2.05, 4.69) is 23.0 Å². The standard InChI is InChI=1S/C11H13N3S/c1-7-5-14-9(6-13-7)11(12)10-4-3-8(2)15-10/h3-6,11H,12H2,1-2H3. The molecule has 2 aromatic rings. The van der Waals surface area contributed by atoms with Gasteiger partial charge in [-0.3, -0.25) is 9.97 Å². The van der Waals surface area contributed by atoms with Gasteiger partial charge < -0.3 is 5.73 Å². The third-order valence-corrected chi connectivity index (χ3v) is 3.27. The number of rotatable bonds is 2. The highest BCUT2D eigenvalue weighted by Crippen LogP contribution is 2.24. The molecule has 0 aromatic carbocycles. The topological polar surface area (TPSA) is 51.8 Å². The molecule has 1 unspecified atom stereocenters. The zero-order valence-corrected chi connectivity index (χ0v) is 9.58. The van der Waals surface area contributed by atoms with Crippen LogP contribution in [0, 0.1) is 13.8 Å². The van der Waals surface area contributed by atoms with Crippen LogP contribution in [-0.4, -0.2) is 9.97 Å². The maximum absolute atomic E-state index is 6.09. The number of aromatic nitrogens is 2. The molecule has 2 N–H and O–H groups in total. The van der Waals surface area contributed by atoms with E-state index in [1.807, 2.05) is 13.0 Å². The zero-order chi connectivity index (χ0) is 10.8. The molecule has 2 heterocycles. The van der Waals surface area contributed by atoms with E-state index in [0.29, 0.717) is 0 Å². The van der Waals surface area contributed by atoms with E-state index in [0.717, 1.165) is 16.3 Å². The lowest BCUT2D eigenvalue weighted by Gasteiger charge is -2.07. The Morgan fingerprint density at radius 2 is 2.00 bits per heavy atom. The predicted octanol–water partition coefficient (Wildman–Crippen LogP) is 2.20. The largest absolute Gasteiger partial charge is 0.318 e. The summed E-state index contributed by atoms with van der Waals surface area (Å²) in [6.45, 7) is 3.99. The lowest BCUT2D eigenvalue weighted by atomic mass is 10.2. The highest BCUT2D eigenvalue weighted by molar-refractivity contribution is 7.12. The first kappa shape index (κ1) is 10.3. The molecule has 0 aliphatic rings. The molecule has 0 aliphatic carbocycles. The first-order valence-electron chi connectivity index (χ1n) is 4.77.